The van der Waals surface area contributed by atoms with E-state index in [4.69, 9.17) is 0 Å². The molecule has 6 rings (SSSR count). The molecule has 212 valence electrons. The van der Waals surface area contributed by atoms with Crippen LogP contribution in [-0.2, 0) is 19.2 Å². The van der Waals surface area contributed by atoms with Crippen LogP contribution in [0.2, 0.25) is 0 Å². The zero-order chi connectivity index (χ0) is 30.0. The van der Waals surface area contributed by atoms with Crippen molar-refractivity contribution < 1.29 is 19.2 Å². The van der Waals surface area contributed by atoms with E-state index in [1.54, 1.807) is 36.4 Å². The Bertz CT molecular complexity index is 1760. The lowest BCUT2D eigenvalue weighted by molar-refractivity contribution is -0.118. The highest BCUT2D eigenvalue weighted by molar-refractivity contribution is 14.1. The standard InChI is InChI=1S/C15H11IN2O2S.C14H8BrIN2O2S/c1-9-6-7-21-13(9)8-12-14(19)17-18(15(12)20)11-4-2-10(16)3-5-11;15-8-5-11(21-7-8)6-12-13(19)17-18(14(12)20)10-3-1-9(16)2-4-10/h2-8H,1H3,(H,17,19);1-7H,(H,17,19). The van der Waals surface area contributed by atoms with Gasteiger partial charge in [0.1, 0.15) is 11.1 Å². The number of hydrogen-bond donors (Lipinski definition) is 2. The molecule has 2 fully saturated rings. The van der Waals surface area contributed by atoms with Crippen LogP contribution in [0.1, 0.15) is 15.3 Å². The summed E-state index contributed by atoms with van der Waals surface area (Å²) >= 11 is 10.7. The Morgan fingerprint density at radius 1 is 0.738 bits per heavy atom. The number of rotatable bonds is 4. The van der Waals surface area contributed by atoms with Crippen molar-refractivity contribution in [3.63, 3.8) is 0 Å². The van der Waals surface area contributed by atoms with Gasteiger partial charge in [-0.2, -0.15) is 0 Å². The number of benzene rings is 2. The van der Waals surface area contributed by atoms with Crippen LogP contribution in [0.3, 0.4) is 0 Å². The number of anilines is 2. The molecule has 0 radical (unpaired) electrons. The van der Waals surface area contributed by atoms with Crippen molar-refractivity contribution in [3.8, 4) is 0 Å². The number of carbonyl (C=O) groups is 4. The van der Waals surface area contributed by atoms with Gasteiger partial charge in [-0.1, -0.05) is 0 Å². The van der Waals surface area contributed by atoms with Crippen LogP contribution in [0.25, 0.3) is 12.2 Å². The highest BCUT2D eigenvalue weighted by atomic mass is 127. The fourth-order valence-corrected chi connectivity index (χ4v) is 6.82. The highest BCUT2D eigenvalue weighted by Crippen LogP contribution is 2.27. The molecule has 0 saturated carbocycles. The van der Waals surface area contributed by atoms with Crippen molar-refractivity contribution >= 4 is 131 Å². The van der Waals surface area contributed by atoms with E-state index in [-0.39, 0.29) is 34.8 Å². The summed E-state index contributed by atoms with van der Waals surface area (Å²) in [6.07, 6.45) is 3.27. The highest BCUT2D eigenvalue weighted by Gasteiger charge is 2.35. The first-order valence-corrected chi connectivity index (χ1v) is 16.9. The third-order valence-electron chi connectivity index (χ3n) is 6.00. The smallest absolute Gasteiger partial charge is 0.267 e. The van der Waals surface area contributed by atoms with Gasteiger partial charge in [0.15, 0.2) is 0 Å². The minimum absolute atomic E-state index is 0.142. The monoisotopic (exact) mass is 884 g/mol. The molecule has 2 aromatic carbocycles. The Morgan fingerprint density at radius 3 is 1.67 bits per heavy atom. The number of nitrogens with zero attached hydrogens (tertiary/aromatic N) is 2. The lowest BCUT2D eigenvalue weighted by Crippen LogP contribution is -2.35. The molecular formula is C29H19BrI2N4O4S2. The van der Waals surface area contributed by atoms with Gasteiger partial charge in [-0.25, -0.2) is 10.0 Å². The van der Waals surface area contributed by atoms with Crippen molar-refractivity contribution in [2.75, 3.05) is 10.0 Å². The summed E-state index contributed by atoms with van der Waals surface area (Å²) in [4.78, 5) is 50.6. The fourth-order valence-electron chi connectivity index (χ4n) is 3.87. The quantitative estimate of drug-likeness (QED) is 0.136. The lowest BCUT2D eigenvalue weighted by atomic mass is 10.2. The van der Waals surface area contributed by atoms with Crippen LogP contribution in [0.4, 0.5) is 11.4 Å². The maximum Gasteiger partial charge on any atom is 0.282 e. The first-order valence-electron chi connectivity index (χ1n) is 12.1. The number of nitrogens with one attached hydrogen (secondary N) is 2. The van der Waals surface area contributed by atoms with Crippen LogP contribution in [0.5, 0.6) is 0 Å². The van der Waals surface area contributed by atoms with E-state index in [9.17, 15) is 19.2 Å². The zero-order valence-electron chi connectivity index (χ0n) is 21.6. The van der Waals surface area contributed by atoms with E-state index in [0.717, 1.165) is 26.9 Å². The average Bonchev–Trinajstić information content (AvgIpc) is 3.71. The van der Waals surface area contributed by atoms with Gasteiger partial charge < -0.3 is 0 Å². The van der Waals surface area contributed by atoms with Crippen molar-refractivity contribution in [2.24, 2.45) is 0 Å². The largest absolute Gasteiger partial charge is 0.282 e. The summed E-state index contributed by atoms with van der Waals surface area (Å²) in [5.74, 6) is -1.42. The number of halogens is 3. The molecule has 0 unspecified atom stereocenters. The Balaban J connectivity index is 0.000000168. The molecule has 2 saturated heterocycles. The van der Waals surface area contributed by atoms with Gasteiger partial charge in [0, 0.05) is 26.7 Å². The Kier molecular flexibility index (Phi) is 9.61. The molecule has 2 aromatic heterocycles. The molecule has 13 heteroatoms. The predicted octanol–water partition coefficient (Wildman–Crippen LogP) is 6.70. The summed E-state index contributed by atoms with van der Waals surface area (Å²) in [5, 5.41) is 6.40. The van der Waals surface area contributed by atoms with Gasteiger partial charge in [0.25, 0.3) is 23.6 Å². The fraction of sp³-hybridized carbons (Fsp3) is 0.0345. The summed E-state index contributed by atoms with van der Waals surface area (Å²) in [5.41, 5.74) is 7.84. The van der Waals surface area contributed by atoms with E-state index in [0.29, 0.717) is 11.4 Å². The van der Waals surface area contributed by atoms with E-state index in [1.807, 2.05) is 54.1 Å². The van der Waals surface area contributed by atoms with Gasteiger partial charge in [0.2, 0.25) is 0 Å². The predicted molar refractivity (Wildman–Crippen MR) is 187 cm³/mol. The van der Waals surface area contributed by atoms with E-state index < -0.39 is 0 Å². The van der Waals surface area contributed by atoms with Crippen molar-refractivity contribution in [1.29, 1.82) is 0 Å². The van der Waals surface area contributed by atoms with Crippen LogP contribution >= 0.6 is 83.8 Å². The third-order valence-corrected chi connectivity index (χ3v) is 10.0. The lowest BCUT2D eigenvalue weighted by Gasteiger charge is -2.14. The van der Waals surface area contributed by atoms with Crippen LogP contribution < -0.4 is 20.9 Å². The third kappa shape index (κ3) is 6.85. The average molecular weight is 885 g/mol. The number of aryl methyl sites for hydroxylation is 1. The number of hydrazine groups is 2. The van der Waals surface area contributed by atoms with Gasteiger partial charge >= 0.3 is 0 Å². The zero-order valence-corrected chi connectivity index (χ0v) is 29.1. The number of carbonyl (C=O) groups excluding carboxylic acids is 4. The topological polar surface area (TPSA) is 98.8 Å². The maximum atomic E-state index is 12.4. The molecule has 4 heterocycles. The molecule has 0 atom stereocenters. The SMILES string of the molecule is Cc1ccsc1C=C1C(=O)NN(c2ccc(I)cc2)C1=O.O=C1NN(c2ccc(I)cc2)C(=O)C1=Cc1cc(Br)cs1. The normalized spacial score (nSPS) is 16.7. The second kappa shape index (κ2) is 13.2. The number of hydrogen-bond acceptors (Lipinski definition) is 6. The van der Waals surface area contributed by atoms with E-state index in [2.05, 4.69) is 72.0 Å². The molecule has 4 amide bonds. The second-order valence-corrected chi connectivity index (χ2v) is 14.2. The Morgan fingerprint density at radius 2 is 1.24 bits per heavy atom. The molecule has 8 nitrogen and oxygen atoms in total. The number of thiophene rings is 2. The van der Waals surface area contributed by atoms with E-state index >= 15 is 0 Å². The molecule has 4 aromatic rings. The molecule has 0 bridgehead atoms. The molecule has 2 aliphatic heterocycles. The van der Waals surface area contributed by atoms with Crippen LogP contribution in [0.15, 0.2) is 87.0 Å². The second-order valence-electron chi connectivity index (χ2n) is 8.87. The minimum atomic E-state index is -0.386. The summed E-state index contributed by atoms with van der Waals surface area (Å²) in [7, 11) is 0. The molecular weight excluding hydrogens is 866 g/mol. The van der Waals surface area contributed by atoms with Gasteiger partial charge in [-0.3, -0.25) is 30.0 Å². The van der Waals surface area contributed by atoms with Gasteiger partial charge in [-0.05, 0) is 152 Å². The van der Waals surface area contributed by atoms with Gasteiger partial charge in [0.05, 0.1) is 11.4 Å². The molecule has 2 aliphatic rings. The Hall–Kier alpha value is -2.86. The van der Waals surface area contributed by atoms with Crippen molar-refractivity contribution in [3.05, 3.63) is 110 Å². The number of amides is 4. The Labute approximate surface area is 284 Å². The van der Waals surface area contributed by atoms with Crippen LogP contribution in [0, 0.1) is 14.1 Å². The van der Waals surface area contributed by atoms with Crippen LogP contribution in [-0.4, -0.2) is 23.6 Å². The van der Waals surface area contributed by atoms with Crippen molar-refractivity contribution in [2.45, 2.75) is 6.92 Å². The molecule has 2 N–H and O–H groups in total. The summed E-state index contributed by atoms with van der Waals surface area (Å²) in [6, 6.07) is 18.6. The first-order chi connectivity index (χ1) is 20.1. The summed E-state index contributed by atoms with van der Waals surface area (Å²) < 4.78 is 3.06. The maximum absolute atomic E-state index is 12.4. The molecule has 42 heavy (non-hydrogen) atoms. The van der Waals surface area contributed by atoms with E-state index in [1.165, 1.54) is 32.7 Å². The van der Waals surface area contributed by atoms with Crippen molar-refractivity contribution in [1.82, 2.24) is 10.9 Å². The first kappa shape index (κ1) is 30.6. The molecule has 0 aliphatic carbocycles. The molecule has 0 spiro atoms. The van der Waals surface area contributed by atoms with Gasteiger partial charge in [-0.15, -0.1) is 22.7 Å². The minimum Gasteiger partial charge on any atom is -0.267 e. The summed E-state index contributed by atoms with van der Waals surface area (Å²) in [6.45, 7) is 1.96.